The Balaban J connectivity index is 1.80. The van der Waals surface area contributed by atoms with E-state index < -0.39 is 0 Å². The van der Waals surface area contributed by atoms with E-state index >= 15 is 0 Å². The molecule has 1 unspecified atom stereocenters. The maximum atomic E-state index is 6.24. The Morgan fingerprint density at radius 1 is 1.25 bits per heavy atom. The van der Waals surface area contributed by atoms with Gasteiger partial charge in [0.25, 0.3) is 0 Å². The lowest BCUT2D eigenvalue weighted by Gasteiger charge is -2.46. The van der Waals surface area contributed by atoms with Gasteiger partial charge in [0.2, 0.25) is 0 Å². The van der Waals surface area contributed by atoms with Crippen molar-refractivity contribution in [2.24, 2.45) is 10.7 Å². The number of guanidine groups is 1. The summed E-state index contributed by atoms with van der Waals surface area (Å²) in [5, 5.41) is 0. The van der Waals surface area contributed by atoms with Crippen LogP contribution in [0.4, 0.5) is 0 Å². The third-order valence-electron chi connectivity index (χ3n) is 5.02. The summed E-state index contributed by atoms with van der Waals surface area (Å²) in [5.41, 5.74) is 8.73. The molecular formula is C16H21N3O. The largest absolute Gasteiger partial charge is 0.374 e. The van der Waals surface area contributed by atoms with E-state index in [1.165, 1.54) is 36.8 Å². The van der Waals surface area contributed by atoms with Gasteiger partial charge in [-0.15, -0.1) is 0 Å². The Kier molecular flexibility index (Phi) is 2.74. The first-order valence-corrected chi connectivity index (χ1v) is 7.57. The van der Waals surface area contributed by atoms with Crippen molar-refractivity contribution in [1.29, 1.82) is 0 Å². The van der Waals surface area contributed by atoms with Gasteiger partial charge in [-0.3, -0.25) is 4.99 Å². The zero-order valence-electron chi connectivity index (χ0n) is 11.7. The smallest absolute Gasteiger partial charge is 0.192 e. The van der Waals surface area contributed by atoms with Crippen molar-refractivity contribution in [2.75, 3.05) is 13.2 Å². The fourth-order valence-corrected chi connectivity index (χ4v) is 4.12. The summed E-state index contributed by atoms with van der Waals surface area (Å²) in [5.74, 6) is 0.706. The molecule has 20 heavy (non-hydrogen) atoms. The predicted molar refractivity (Wildman–Crippen MR) is 78.4 cm³/mol. The second kappa shape index (κ2) is 4.48. The minimum Gasteiger partial charge on any atom is -0.374 e. The molecule has 2 N–H and O–H groups in total. The maximum Gasteiger partial charge on any atom is 0.192 e. The van der Waals surface area contributed by atoms with Crippen molar-refractivity contribution in [1.82, 2.24) is 4.90 Å². The highest BCUT2D eigenvalue weighted by molar-refractivity contribution is 5.82. The molecule has 1 fully saturated rings. The van der Waals surface area contributed by atoms with Crippen LogP contribution in [-0.2, 0) is 16.9 Å². The number of ether oxygens (including phenoxy) is 1. The van der Waals surface area contributed by atoms with Gasteiger partial charge in [0.05, 0.1) is 19.8 Å². The summed E-state index contributed by atoms with van der Waals surface area (Å²) in [7, 11) is 0. The first kappa shape index (κ1) is 12.2. The Bertz CT molecular complexity index is 550. The van der Waals surface area contributed by atoms with Gasteiger partial charge in [-0.2, -0.15) is 0 Å². The zero-order valence-corrected chi connectivity index (χ0v) is 11.7. The fraction of sp³-hybridized carbons (Fsp3) is 0.562. The van der Waals surface area contributed by atoms with Crippen LogP contribution in [0.25, 0.3) is 0 Å². The molecule has 3 aliphatic rings. The highest BCUT2D eigenvalue weighted by Gasteiger charge is 2.49. The van der Waals surface area contributed by atoms with Crippen molar-refractivity contribution in [3.63, 3.8) is 0 Å². The molecule has 1 aromatic rings. The summed E-state index contributed by atoms with van der Waals surface area (Å²) < 4.78 is 5.90. The number of rotatable bonds is 1. The van der Waals surface area contributed by atoms with Gasteiger partial charge >= 0.3 is 0 Å². The minimum atomic E-state index is -0.159. The number of aliphatic imine (C=N–C) groups is 1. The minimum absolute atomic E-state index is 0.159. The van der Waals surface area contributed by atoms with Crippen LogP contribution in [0, 0.1) is 0 Å². The van der Waals surface area contributed by atoms with Gasteiger partial charge in [0, 0.05) is 6.04 Å². The van der Waals surface area contributed by atoms with Crippen molar-refractivity contribution < 1.29 is 4.74 Å². The van der Waals surface area contributed by atoms with E-state index in [1.807, 2.05) is 0 Å². The molecule has 4 nitrogen and oxygen atoms in total. The summed E-state index contributed by atoms with van der Waals surface area (Å²) in [4.78, 5) is 6.95. The van der Waals surface area contributed by atoms with E-state index in [0.717, 1.165) is 6.54 Å². The van der Waals surface area contributed by atoms with Crippen LogP contribution in [0.5, 0.6) is 0 Å². The molecule has 0 aromatic heterocycles. The number of hydrogen-bond acceptors (Lipinski definition) is 4. The number of benzene rings is 1. The van der Waals surface area contributed by atoms with Crippen LogP contribution in [0.3, 0.4) is 0 Å². The van der Waals surface area contributed by atoms with Crippen LogP contribution < -0.4 is 5.73 Å². The normalized spacial score (nSPS) is 29.8. The van der Waals surface area contributed by atoms with Gasteiger partial charge in [0.15, 0.2) is 5.96 Å². The molecule has 2 heterocycles. The Labute approximate surface area is 119 Å². The molecule has 2 aliphatic heterocycles. The SMILES string of the molecule is NC1=NCC2(COCc3ccccc32)N1C1CCCC1. The highest BCUT2D eigenvalue weighted by atomic mass is 16.5. The molecule has 1 aliphatic carbocycles. The van der Waals surface area contributed by atoms with Gasteiger partial charge in [-0.25, -0.2) is 0 Å². The van der Waals surface area contributed by atoms with Crippen LogP contribution in [0.1, 0.15) is 36.8 Å². The third-order valence-corrected chi connectivity index (χ3v) is 5.02. The molecule has 0 radical (unpaired) electrons. The quantitative estimate of drug-likeness (QED) is 0.850. The lowest BCUT2D eigenvalue weighted by atomic mass is 9.83. The van der Waals surface area contributed by atoms with Crippen molar-refractivity contribution in [3.05, 3.63) is 35.4 Å². The number of nitrogens with two attached hydrogens (primary N) is 1. The predicted octanol–water partition coefficient (Wildman–Crippen LogP) is 1.98. The molecule has 1 saturated carbocycles. The molecule has 0 amide bonds. The van der Waals surface area contributed by atoms with E-state index in [-0.39, 0.29) is 5.54 Å². The van der Waals surface area contributed by atoms with E-state index in [0.29, 0.717) is 25.2 Å². The molecule has 1 spiro atoms. The van der Waals surface area contributed by atoms with Gasteiger partial charge < -0.3 is 15.4 Å². The molecule has 4 heteroatoms. The van der Waals surface area contributed by atoms with Crippen molar-refractivity contribution in [3.8, 4) is 0 Å². The number of hydrogen-bond donors (Lipinski definition) is 1. The summed E-state index contributed by atoms with van der Waals surface area (Å²) in [6.45, 7) is 2.13. The molecule has 0 bridgehead atoms. The average molecular weight is 271 g/mol. The van der Waals surface area contributed by atoms with Gasteiger partial charge in [0.1, 0.15) is 5.54 Å². The van der Waals surface area contributed by atoms with Gasteiger partial charge in [-0.1, -0.05) is 37.1 Å². The van der Waals surface area contributed by atoms with E-state index in [9.17, 15) is 0 Å². The molecular weight excluding hydrogens is 250 g/mol. The summed E-state index contributed by atoms with van der Waals surface area (Å²) in [6, 6.07) is 9.12. The van der Waals surface area contributed by atoms with Crippen molar-refractivity contribution in [2.45, 2.75) is 43.9 Å². The van der Waals surface area contributed by atoms with E-state index in [2.05, 4.69) is 34.2 Å². The molecule has 1 atom stereocenters. The van der Waals surface area contributed by atoms with Crippen LogP contribution in [-0.4, -0.2) is 30.1 Å². The first-order valence-electron chi connectivity index (χ1n) is 7.57. The lowest BCUT2D eigenvalue weighted by Crippen LogP contribution is -2.57. The summed E-state index contributed by atoms with van der Waals surface area (Å²) in [6.07, 6.45) is 5.04. The Morgan fingerprint density at radius 3 is 2.90 bits per heavy atom. The lowest BCUT2D eigenvalue weighted by molar-refractivity contribution is -0.00698. The van der Waals surface area contributed by atoms with E-state index in [1.54, 1.807) is 0 Å². The van der Waals surface area contributed by atoms with Gasteiger partial charge in [-0.05, 0) is 24.0 Å². The maximum absolute atomic E-state index is 6.24. The second-order valence-electron chi connectivity index (χ2n) is 6.16. The molecule has 0 saturated heterocycles. The molecule has 4 rings (SSSR count). The Morgan fingerprint density at radius 2 is 2.05 bits per heavy atom. The summed E-state index contributed by atoms with van der Waals surface area (Å²) >= 11 is 0. The average Bonchev–Trinajstić information content (AvgIpc) is 3.09. The standard InChI is InChI=1S/C16H21N3O/c17-15-18-10-16(19(15)13-6-2-3-7-13)11-20-9-12-5-1-4-8-14(12)16/h1,4-5,8,13H,2-3,6-7,9-11H2,(H2,17,18). The number of fused-ring (bicyclic) bond motifs is 2. The van der Waals surface area contributed by atoms with Crippen LogP contribution in [0.15, 0.2) is 29.3 Å². The molecule has 1 aromatic carbocycles. The molecule has 106 valence electrons. The number of nitrogens with zero attached hydrogens (tertiary/aromatic N) is 2. The Hall–Kier alpha value is -1.55. The van der Waals surface area contributed by atoms with Crippen molar-refractivity contribution >= 4 is 5.96 Å². The van der Waals surface area contributed by atoms with Crippen LogP contribution in [0.2, 0.25) is 0 Å². The van der Waals surface area contributed by atoms with Crippen LogP contribution >= 0.6 is 0 Å². The fourth-order valence-electron chi connectivity index (χ4n) is 4.12. The van der Waals surface area contributed by atoms with E-state index in [4.69, 9.17) is 10.5 Å². The zero-order chi connectivity index (χ0) is 13.6. The topological polar surface area (TPSA) is 50.9 Å². The second-order valence-corrected chi connectivity index (χ2v) is 6.16. The first-order chi connectivity index (χ1) is 9.81. The highest BCUT2D eigenvalue weighted by Crippen LogP contribution is 2.42. The monoisotopic (exact) mass is 271 g/mol. The third kappa shape index (κ3) is 1.61.